The molecular formula is C11H20N2O4S. The molecule has 2 atom stereocenters. The third-order valence-corrected chi connectivity index (χ3v) is 4.95. The molecule has 1 amide bonds. The molecule has 18 heavy (non-hydrogen) atoms. The van der Waals surface area contributed by atoms with Gasteiger partial charge in [0, 0.05) is 25.6 Å². The van der Waals surface area contributed by atoms with Gasteiger partial charge in [0.1, 0.15) is 0 Å². The lowest BCUT2D eigenvalue weighted by Gasteiger charge is -2.19. The predicted octanol–water partition coefficient (Wildman–Crippen LogP) is -0.845. The highest BCUT2D eigenvalue weighted by atomic mass is 32.2. The van der Waals surface area contributed by atoms with Crippen molar-refractivity contribution in [2.45, 2.75) is 25.3 Å². The highest BCUT2D eigenvalue weighted by Crippen LogP contribution is 2.41. The molecular weight excluding hydrogens is 256 g/mol. The fraction of sp³-hybridized carbons (Fsp3) is 0.909. The smallest absolute Gasteiger partial charge is 0.222 e. The first-order valence-corrected chi connectivity index (χ1v) is 8.12. The number of carbonyl (C=O) groups is 1. The molecule has 2 rings (SSSR count). The molecule has 1 aliphatic heterocycles. The van der Waals surface area contributed by atoms with Gasteiger partial charge >= 0.3 is 0 Å². The van der Waals surface area contributed by atoms with Crippen LogP contribution in [0.15, 0.2) is 0 Å². The molecule has 104 valence electrons. The van der Waals surface area contributed by atoms with E-state index < -0.39 is 10.0 Å². The topological polar surface area (TPSA) is 86.7 Å². The van der Waals surface area contributed by atoms with Gasteiger partial charge in [0.15, 0.2) is 0 Å². The minimum atomic E-state index is -3.19. The maximum atomic E-state index is 11.6. The number of aliphatic hydroxyl groups excluding tert-OH is 1. The number of hydrogen-bond acceptors (Lipinski definition) is 4. The molecule has 6 nitrogen and oxygen atoms in total. The van der Waals surface area contributed by atoms with E-state index in [1.54, 1.807) is 0 Å². The van der Waals surface area contributed by atoms with Gasteiger partial charge in [-0.1, -0.05) is 0 Å². The molecule has 7 heteroatoms. The molecule has 0 aromatic rings. The largest absolute Gasteiger partial charge is 0.396 e. The van der Waals surface area contributed by atoms with Crippen molar-refractivity contribution in [3.8, 4) is 0 Å². The van der Waals surface area contributed by atoms with Crippen LogP contribution in [0.25, 0.3) is 0 Å². The summed E-state index contributed by atoms with van der Waals surface area (Å²) in [7, 11) is -3.19. The average Bonchev–Trinajstić information content (AvgIpc) is 2.99. The van der Waals surface area contributed by atoms with Gasteiger partial charge in [-0.05, 0) is 24.7 Å². The van der Waals surface area contributed by atoms with Crippen LogP contribution in [0.5, 0.6) is 0 Å². The van der Waals surface area contributed by atoms with Crippen LogP contribution in [0.3, 0.4) is 0 Å². The zero-order valence-electron chi connectivity index (χ0n) is 10.5. The van der Waals surface area contributed by atoms with Crippen molar-refractivity contribution in [3.05, 3.63) is 0 Å². The Morgan fingerprint density at radius 2 is 2.06 bits per heavy atom. The van der Waals surface area contributed by atoms with Crippen molar-refractivity contribution in [2.75, 3.05) is 26.0 Å². The fourth-order valence-corrected chi connectivity index (χ4v) is 3.47. The number of aliphatic hydroxyl groups is 1. The SMILES string of the molecule is CS(=O)(=O)N1C[C@H](NC(=O)CCO)[C@@H](C2CC2)C1. The summed E-state index contributed by atoms with van der Waals surface area (Å²) in [5, 5.41) is 11.6. The summed E-state index contributed by atoms with van der Waals surface area (Å²) in [6, 6.07) is -0.105. The van der Waals surface area contributed by atoms with Crippen LogP contribution in [0.4, 0.5) is 0 Å². The minimum Gasteiger partial charge on any atom is -0.396 e. The second kappa shape index (κ2) is 5.14. The summed E-state index contributed by atoms with van der Waals surface area (Å²) in [6.07, 6.45) is 3.52. The molecule has 2 aliphatic rings. The summed E-state index contributed by atoms with van der Waals surface area (Å²) in [6.45, 7) is 0.688. The Morgan fingerprint density at radius 3 is 2.56 bits per heavy atom. The van der Waals surface area contributed by atoms with Gasteiger partial charge in [-0.3, -0.25) is 4.79 Å². The Labute approximate surface area is 107 Å². The Hall–Kier alpha value is -0.660. The zero-order chi connectivity index (χ0) is 13.3. The van der Waals surface area contributed by atoms with Gasteiger partial charge in [0.05, 0.1) is 12.9 Å². The Bertz CT molecular complexity index is 419. The highest BCUT2D eigenvalue weighted by molar-refractivity contribution is 7.88. The van der Waals surface area contributed by atoms with Crippen LogP contribution in [-0.2, 0) is 14.8 Å². The summed E-state index contributed by atoms with van der Waals surface area (Å²) in [5.74, 6) is 0.557. The van der Waals surface area contributed by atoms with Gasteiger partial charge in [-0.25, -0.2) is 8.42 Å². The molecule has 1 heterocycles. The van der Waals surface area contributed by atoms with Crippen LogP contribution < -0.4 is 5.32 Å². The van der Waals surface area contributed by atoms with Gasteiger partial charge in [0.2, 0.25) is 15.9 Å². The summed E-state index contributed by atoms with van der Waals surface area (Å²) < 4.78 is 24.5. The molecule has 1 saturated carbocycles. The average molecular weight is 276 g/mol. The van der Waals surface area contributed by atoms with E-state index in [9.17, 15) is 13.2 Å². The van der Waals surface area contributed by atoms with E-state index >= 15 is 0 Å². The molecule has 0 spiro atoms. The second-order valence-corrected chi connectivity index (χ2v) is 7.21. The standard InChI is InChI=1S/C11H20N2O4S/c1-18(16,17)13-6-9(8-2-3-8)10(7-13)12-11(15)4-5-14/h8-10,14H,2-7H2,1H3,(H,12,15)/t9-,10+/m1/s1. The van der Waals surface area contributed by atoms with Crippen molar-refractivity contribution < 1.29 is 18.3 Å². The number of nitrogens with zero attached hydrogens (tertiary/aromatic N) is 1. The van der Waals surface area contributed by atoms with Crippen LogP contribution >= 0.6 is 0 Å². The lowest BCUT2D eigenvalue weighted by molar-refractivity contribution is -0.122. The van der Waals surface area contributed by atoms with E-state index in [1.165, 1.54) is 10.6 Å². The van der Waals surface area contributed by atoms with Crippen LogP contribution in [0.2, 0.25) is 0 Å². The number of nitrogens with one attached hydrogen (secondary N) is 1. The van der Waals surface area contributed by atoms with Crippen molar-refractivity contribution in [3.63, 3.8) is 0 Å². The van der Waals surface area contributed by atoms with Gasteiger partial charge in [0.25, 0.3) is 0 Å². The van der Waals surface area contributed by atoms with E-state index in [0.717, 1.165) is 12.8 Å². The zero-order valence-corrected chi connectivity index (χ0v) is 11.3. The molecule has 0 unspecified atom stereocenters. The fourth-order valence-electron chi connectivity index (χ4n) is 2.60. The summed E-state index contributed by atoms with van der Waals surface area (Å²) >= 11 is 0. The molecule has 2 N–H and O–H groups in total. The van der Waals surface area contributed by atoms with Crippen molar-refractivity contribution >= 4 is 15.9 Å². The monoisotopic (exact) mass is 276 g/mol. The quantitative estimate of drug-likeness (QED) is 0.685. The number of sulfonamides is 1. The van der Waals surface area contributed by atoms with E-state index in [1.807, 2.05) is 0 Å². The highest BCUT2D eigenvalue weighted by Gasteiger charge is 2.45. The van der Waals surface area contributed by atoms with E-state index in [-0.39, 0.29) is 30.9 Å². The first-order valence-electron chi connectivity index (χ1n) is 6.27. The Kier molecular flexibility index (Phi) is 3.93. The van der Waals surface area contributed by atoms with Crippen LogP contribution in [0.1, 0.15) is 19.3 Å². The number of amides is 1. The number of carbonyl (C=O) groups excluding carboxylic acids is 1. The molecule has 0 aromatic carbocycles. The van der Waals surface area contributed by atoms with Gasteiger partial charge in [-0.2, -0.15) is 4.31 Å². The molecule has 0 aromatic heterocycles. The number of hydrogen-bond donors (Lipinski definition) is 2. The second-order valence-electron chi connectivity index (χ2n) is 5.23. The first kappa shape index (κ1) is 13.8. The lowest BCUT2D eigenvalue weighted by atomic mass is 9.98. The molecule has 1 aliphatic carbocycles. The number of rotatable bonds is 5. The molecule has 0 bridgehead atoms. The Morgan fingerprint density at radius 1 is 1.39 bits per heavy atom. The van der Waals surface area contributed by atoms with Crippen molar-refractivity contribution in [1.29, 1.82) is 0 Å². The van der Waals surface area contributed by atoms with Crippen molar-refractivity contribution in [1.82, 2.24) is 9.62 Å². The van der Waals surface area contributed by atoms with Gasteiger partial charge in [-0.15, -0.1) is 0 Å². The minimum absolute atomic E-state index is 0.0762. The van der Waals surface area contributed by atoms with Crippen LogP contribution in [0, 0.1) is 11.8 Å². The van der Waals surface area contributed by atoms with E-state index in [4.69, 9.17) is 5.11 Å². The normalized spacial score (nSPS) is 29.4. The molecule has 2 fully saturated rings. The third-order valence-electron chi connectivity index (χ3n) is 3.71. The van der Waals surface area contributed by atoms with Crippen molar-refractivity contribution in [2.24, 2.45) is 11.8 Å². The van der Waals surface area contributed by atoms with Crippen LogP contribution in [-0.4, -0.2) is 55.7 Å². The third kappa shape index (κ3) is 3.21. The van der Waals surface area contributed by atoms with E-state index in [2.05, 4.69) is 5.32 Å². The van der Waals surface area contributed by atoms with Gasteiger partial charge < -0.3 is 10.4 Å². The predicted molar refractivity (Wildman–Crippen MR) is 66.3 cm³/mol. The maximum absolute atomic E-state index is 11.6. The first-order chi connectivity index (χ1) is 8.41. The van der Waals surface area contributed by atoms with E-state index in [0.29, 0.717) is 19.0 Å². The lowest BCUT2D eigenvalue weighted by Crippen LogP contribution is -2.41. The summed E-state index contributed by atoms with van der Waals surface area (Å²) in [5.41, 5.74) is 0. The maximum Gasteiger partial charge on any atom is 0.222 e. The summed E-state index contributed by atoms with van der Waals surface area (Å²) in [4.78, 5) is 11.5. The molecule has 0 radical (unpaired) electrons. The Balaban J connectivity index is 2.01. The molecule has 1 saturated heterocycles.